The molecule has 8 aromatic carbocycles. The van der Waals surface area contributed by atoms with Gasteiger partial charge in [0.1, 0.15) is 5.58 Å². The van der Waals surface area contributed by atoms with E-state index in [-0.39, 0.29) is 0 Å². The summed E-state index contributed by atoms with van der Waals surface area (Å²) in [7, 11) is 0. The minimum Gasteiger partial charge on any atom is -0.453 e. The Bertz CT molecular complexity index is 2920. The number of nitrogens with zero attached hydrogens (tertiary/aromatic N) is 1. The molecule has 1 aliphatic rings. The van der Waals surface area contributed by atoms with E-state index in [1.165, 1.54) is 53.6 Å². The third-order valence-corrected chi connectivity index (χ3v) is 12.1. The predicted molar refractivity (Wildman–Crippen MR) is 219 cm³/mol. The number of benzene rings is 8. The first kappa shape index (κ1) is 29.3. The molecule has 52 heavy (non-hydrogen) atoms. The molecule has 0 atom stereocenters. The highest BCUT2D eigenvalue weighted by Gasteiger charge is 2.46. The van der Waals surface area contributed by atoms with E-state index in [1.807, 2.05) is 11.3 Å². The van der Waals surface area contributed by atoms with Crippen molar-refractivity contribution < 1.29 is 4.42 Å². The fraction of sp³-hybridized carbons (Fsp3) is 0.0204. The molecule has 0 radical (unpaired) electrons. The Morgan fingerprint density at radius 1 is 0.423 bits per heavy atom. The van der Waals surface area contributed by atoms with Gasteiger partial charge in [0.25, 0.3) is 0 Å². The Morgan fingerprint density at radius 3 is 1.85 bits per heavy atom. The lowest BCUT2D eigenvalue weighted by atomic mass is 9.67. The third-order valence-electron chi connectivity index (χ3n) is 10.9. The maximum Gasteiger partial charge on any atom is 0.159 e. The quantitative estimate of drug-likeness (QED) is 0.180. The lowest BCUT2D eigenvalue weighted by molar-refractivity contribution is 0.673. The predicted octanol–water partition coefficient (Wildman–Crippen LogP) is 13.8. The number of para-hydroxylation sites is 2. The van der Waals surface area contributed by atoms with Crippen LogP contribution in [0.4, 0.5) is 17.1 Å². The number of anilines is 3. The van der Waals surface area contributed by atoms with E-state index in [0.29, 0.717) is 0 Å². The van der Waals surface area contributed by atoms with E-state index < -0.39 is 5.41 Å². The van der Waals surface area contributed by atoms with Gasteiger partial charge in [0.2, 0.25) is 0 Å². The molecule has 11 rings (SSSR count). The second-order valence-electron chi connectivity index (χ2n) is 13.6. The molecule has 0 saturated heterocycles. The maximum absolute atomic E-state index is 7.08. The molecule has 0 aliphatic heterocycles. The molecular formula is C49H31NOS. The first-order chi connectivity index (χ1) is 25.8. The van der Waals surface area contributed by atoms with Gasteiger partial charge in [-0.3, -0.25) is 0 Å². The van der Waals surface area contributed by atoms with Gasteiger partial charge in [0.05, 0.1) is 11.1 Å². The lowest BCUT2D eigenvalue weighted by Gasteiger charge is -2.34. The van der Waals surface area contributed by atoms with E-state index in [0.717, 1.165) is 39.0 Å². The third kappa shape index (κ3) is 4.06. The fourth-order valence-electron chi connectivity index (χ4n) is 8.80. The zero-order valence-electron chi connectivity index (χ0n) is 28.2. The van der Waals surface area contributed by atoms with Gasteiger partial charge in [0.15, 0.2) is 5.58 Å². The van der Waals surface area contributed by atoms with Gasteiger partial charge in [-0.1, -0.05) is 140 Å². The summed E-state index contributed by atoms with van der Waals surface area (Å²) in [5.41, 5.74) is 12.1. The highest BCUT2D eigenvalue weighted by Crippen LogP contribution is 2.57. The Labute approximate surface area is 305 Å². The van der Waals surface area contributed by atoms with E-state index in [1.54, 1.807) is 0 Å². The van der Waals surface area contributed by atoms with Gasteiger partial charge >= 0.3 is 0 Å². The van der Waals surface area contributed by atoms with Crippen molar-refractivity contribution in [1.82, 2.24) is 0 Å². The fourth-order valence-corrected chi connectivity index (χ4v) is 9.91. The average Bonchev–Trinajstić information content (AvgIpc) is 3.88. The van der Waals surface area contributed by atoms with Crippen LogP contribution in [0.1, 0.15) is 22.3 Å². The van der Waals surface area contributed by atoms with Crippen molar-refractivity contribution in [2.24, 2.45) is 0 Å². The Morgan fingerprint density at radius 2 is 1.06 bits per heavy atom. The summed E-state index contributed by atoms with van der Waals surface area (Å²) < 4.78 is 9.59. The van der Waals surface area contributed by atoms with E-state index in [9.17, 15) is 0 Å². The van der Waals surface area contributed by atoms with Crippen molar-refractivity contribution in [3.8, 4) is 11.1 Å². The summed E-state index contributed by atoms with van der Waals surface area (Å²) >= 11 is 1.82. The van der Waals surface area contributed by atoms with Crippen LogP contribution in [0, 0.1) is 0 Å². The van der Waals surface area contributed by atoms with Gasteiger partial charge in [-0.25, -0.2) is 0 Å². The summed E-state index contributed by atoms with van der Waals surface area (Å²) in [6.45, 7) is 0. The van der Waals surface area contributed by atoms with Crippen LogP contribution in [0.15, 0.2) is 192 Å². The molecule has 2 heterocycles. The number of furan rings is 1. The molecule has 0 saturated carbocycles. The van der Waals surface area contributed by atoms with Gasteiger partial charge in [-0.15, -0.1) is 11.3 Å². The minimum atomic E-state index is -0.496. The SMILES string of the molecule is c1ccc(N(c2ccc3c(c2)C(c2ccccc2)(c2ccccc2)c2ccccc2-3)c2cccc3c2oc2c3ccc3sc4ccccc4c32)cc1. The summed E-state index contributed by atoms with van der Waals surface area (Å²) in [5, 5.41) is 4.68. The van der Waals surface area contributed by atoms with Crippen molar-refractivity contribution in [3.05, 3.63) is 210 Å². The summed E-state index contributed by atoms with van der Waals surface area (Å²) in [6, 6.07) is 68.4. The molecule has 3 heteroatoms. The van der Waals surface area contributed by atoms with Crippen LogP contribution in [0.3, 0.4) is 0 Å². The normalized spacial score (nSPS) is 13.2. The number of rotatable bonds is 5. The molecule has 0 bridgehead atoms. The molecule has 244 valence electrons. The van der Waals surface area contributed by atoms with Crippen LogP contribution in [-0.2, 0) is 5.41 Å². The number of hydrogen-bond acceptors (Lipinski definition) is 3. The van der Waals surface area contributed by atoms with Crippen LogP contribution in [0.25, 0.3) is 53.2 Å². The highest BCUT2D eigenvalue weighted by atomic mass is 32.1. The Kier molecular flexibility index (Phi) is 6.37. The minimum absolute atomic E-state index is 0.496. The van der Waals surface area contributed by atoms with Crippen LogP contribution in [0.5, 0.6) is 0 Å². The van der Waals surface area contributed by atoms with Crippen LogP contribution in [-0.4, -0.2) is 0 Å². The molecule has 0 N–H and O–H groups in total. The van der Waals surface area contributed by atoms with Crippen LogP contribution < -0.4 is 4.90 Å². The standard InChI is InChI=1S/C49H31NOS/c1-4-15-32(16-5-1)49(33-17-6-2-7-18-33)41-24-12-10-21-36(41)37-28-27-35(31-42(37)49)50(34-19-8-3-9-20-34)43-25-14-23-38-39-29-30-45-46(48(39)51-47(38)43)40-22-11-13-26-44(40)52-45/h1-31H. The van der Waals surface area contributed by atoms with E-state index in [2.05, 4.69) is 193 Å². The largest absolute Gasteiger partial charge is 0.453 e. The number of thiophene rings is 1. The molecule has 10 aromatic rings. The zero-order valence-corrected chi connectivity index (χ0v) is 29.0. The van der Waals surface area contributed by atoms with E-state index >= 15 is 0 Å². The van der Waals surface area contributed by atoms with E-state index in [4.69, 9.17) is 4.42 Å². The second-order valence-corrected chi connectivity index (χ2v) is 14.7. The highest BCUT2D eigenvalue weighted by molar-refractivity contribution is 7.26. The molecule has 0 unspecified atom stereocenters. The molecule has 0 spiro atoms. The molecule has 0 fully saturated rings. The number of fused-ring (bicyclic) bond motifs is 10. The molecular weight excluding hydrogens is 651 g/mol. The molecule has 2 aromatic heterocycles. The summed E-state index contributed by atoms with van der Waals surface area (Å²) in [4.78, 5) is 2.37. The van der Waals surface area contributed by atoms with Crippen molar-refractivity contribution in [1.29, 1.82) is 0 Å². The lowest BCUT2D eigenvalue weighted by Crippen LogP contribution is -2.28. The first-order valence-corrected chi connectivity index (χ1v) is 18.6. The van der Waals surface area contributed by atoms with Crippen molar-refractivity contribution in [2.45, 2.75) is 5.41 Å². The zero-order chi connectivity index (χ0) is 34.2. The van der Waals surface area contributed by atoms with Crippen LogP contribution in [0.2, 0.25) is 0 Å². The topological polar surface area (TPSA) is 16.4 Å². The van der Waals surface area contributed by atoms with Gasteiger partial charge in [-0.2, -0.15) is 0 Å². The molecule has 1 aliphatic carbocycles. The van der Waals surface area contributed by atoms with Crippen molar-refractivity contribution in [2.75, 3.05) is 4.90 Å². The first-order valence-electron chi connectivity index (χ1n) is 17.8. The molecule has 0 amide bonds. The average molecular weight is 682 g/mol. The van der Waals surface area contributed by atoms with Gasteiger partial charge in [-0.05, 0) is 81.9 Å². The molecule has 2 nitrogen and oxygen atoms in total. The number of hydrogen-bond donors (Lipinski definition) is 0. The summed E-state index contributed by atoms with van der Waals surface area (Å²) in [6.07, 6.45) is 0. The second kappa shape index (κ2) is 11.3. The van der Waals surface area contributed by atoms with Gasteiger partial charge in [0, 0.05) is 42.3 Å². The van der Waals surface area contributed by atoms with Gasteiger partial charge < -0.3 is 9.32 Å². The van der Waals surface area contributed by atoms with Crippen molar-refractivity contribution in [3.63, 3.8) is 0 Å². The maximum atomic E-state index is 7.08. The Balaban J connectivity index is 1.20. The van der Waals surface area contributed by atoms with Crippen molar-refractivity contribution >= 4 is 70.5 Å². The summed E-state index contributed by atoms with van der Waals surface area (Å²) in [5.74, 6) is 0. The Hall–Kier alpha value is -6.42. The van der Waals surface area contributed by atoms with Crippen LogP contribution >= 0.6 is 11.3 Å². The monoisotopic (exact) mass is 681 g/mol. The smallest absolute Gasteiger partial charge is 0.159 e.